The molecule has 348 valence electrons. The highest BCUT2D eigenvalue weighted by Crippen LogP contribution is 2.53. The average molecular weight is 1020 g/mol. The standard InChI is InChI=1S/C56H32N4O8S4/c61-53-31-9-1-5-13-35(31)57-49(65-53)43-25-21-39(69-43)47(40-22-26-44(70-40)50-58-36-14-6-2-10-32(36)54(62)66-50)29-17-19-30(20-18-29)48(41-23-27-45(71-41)51-59-37-15-7-3-11-33(37)55(63)67-51)42-24-28-46(72-42)52-60-38-16-8-4-12-34(38)56(64)68-52/h1-27,46-48H,28H2. The first-order chi connectivity index (χ1) is 35.3. The van der Waals surface area contributed by atoms with Gasteiger partial charge in [0.2, 0.25) is 23.6 Å². The van der Waals surface area contributed by atoms with Gasteiger partial charge >= 0.3 is 22.5 Å². The van der Waals surface area contributed by atoms with Gasteiger partial charge in [-0.2, -0.15) is 0 Å². The predicted octanol–water partition coefficient (Wildman–Crippen LogP) is 13.0. The third kappa shape index (κ3) is 7.94. The fourth-order valence-electron chi connectivity index (χ4n) is 9.05. The number of allylic oxidation sites excluding steroid dienone is 2. The molecule has 2 unspecified atom stereocenters. The third-order valence-corrected chi connectivity index (χ3v) is 17.3. The molecule has 0 amide bonds. The largest absolute Gasteiger partial charge is 0.407 e. The van der Waals surface area contributed by atoms with Gasteiger partial charge in [0.05, 0.1) is 69.4 Å². The molecule has 0 aliphatic carbocycles. The number of nitrogens with zero attached hydrogens (tertiary/aromatic N) is 4. The topological polar surface area (TPSA) is 172 Å². The van der Waals surface area contributed by atoms with Crippen LogP contribution in [0.4, 0.5) is 0 Å². The summed E-state index contributed by atoms with van der Waals surface area (Å²) in [7, 11) is 0. The lowest BCUT2D eigenvalue weighted by Crippen LogP contribution is -2.07. The van der Waals surface area contributed by atoms with E-state index in [9.17, 15) is 19.2 Å². The fraction of sp³-hybridized carbons (Fsp3) is 0.0714. The highest BCUT2D eigenvalue weighted by atomic mass is 32.2. The summed E-state index contributed by atoms with van der Waals surface area (Å²) in [4.78, 5) is 77.4. The van der Waals surface area contributed by atoms with Gasteiger partial charge in [-0.1, -0.05) is 78.9 Å². The summed E-state index contributed by atoms with van der Waals surface area (Å²) >= 11 is 6.06. The first-order valence-electron chi connectivity index (χ1n) is 22.6. The number of para-hydroxylation sites is 4. The Morgan fingerprint density at radius 1 is 0.403 bits per heavy atom. The van der Waals surface area contributed by atoms with E-state index in [1.807, 2.05) is 66.7 Å². The summed E-state index contributed by atoms with van der Waals surface area (Å²) in [5, 5.41) is 1.41. The Balaban J connectivity index is 0.900. The van der Waals surface area contributed by atoms with E-state index in [0.29, 0.717) is 70.6 Å². The zero-order valence-electron chi connectivity index (χ0n) is 37.2. The van der Waals surface area contributed by atoms with Gasteiger partial charge < -0.3 is 17.7 Å². The van der Waals surface area contributed by atoms with Gasteiger partial charge in [-0.25, -0.2) is 39.1 Å². The lowest BCUT2D eigenvalue weighted by Gasteiger charge is -2.20. The van der Waals surface area contributed by atoms with Gasteiger partial charge in [0.15, 0.2) is 0 Å². The van der Waals surface area contributed by atoms with Gasteiger partial charge in [0, 0.05) is 20.5 Å². The molecule has 16 heteroatoms. The number of aromatic nitrogens is 4. The first kappa shape index (κ1) is 43.8. The van der Waals surface area contributed by atoms with E-state index >= 15 is 0 Å². The van der Waals surface area contributed by atoms with Crippen molar-refractivity contribution in [1.82, 2.24) is 19.9 Å². The van der Waals surface area contributed by atoms with Crippen LogP contribution in [0.3, 0.4) is 0 Å². The molecular weight excluding hydrogens is 985 g/mol. The predicted molar refractivity (Wildman–Crippen MR) is 283 cm³/mol. The van der Waals surface area contributed by atoms with Crippen LogP contribution in [0.25, 0.3) is 75.9 Å². The van der Waals surface area contributed by atoms with E-state index in [0.717, 1.165) is 30.7 Å². The Hall–Kier alpha value is -8.15. The molecule has 0 saturated carbocycles. The molecule has 12 nitrogen and oxygen atoms in total. The normalized spacial score (nSPS) is 14.2. The van der Waals surface area contributed by atoms with E-state index in [-0.39, 0.29) is 34.8 Å². The molecule has 72 heavy (non-hydrogen) atoms. The molecule has 0 saturated heterocycles. The van der Waals surface area contributed by atoms with Crippen molar-refractivity contribution < 1.29 is 17.7 Å². The minimum absolute atomic E-state index is 0.230. The van der Waals surface area contributed by atoms with Gasteiger partial charge in [-0.3, -0.25) is 0 Å². The summed E-state index contributed by atoms with van der Waals surface area (Å²) in [6, 6.07) is 48.9. The van der Waals surface area contributed by atoms with Gasteiger partial charge in [0.1, 0.15) is 0 Å². The zero-order valence-corrected chi connectivity index (χ0v) is 40.5. The highest BCUT2D eigenvalue weighted by Gasteiger charge is 2.32. The smallest absolute Gasteiger partial charge is 0.347 e. The molecule has 5 aromatic carbocycles. The molecule has 13 rings (SSSR count). The molecule has 2 atom stereocenters. The van der Waals surface area contributed by atoms with Crippen LogP contribution in [0.15, 0.2) is 206 Å². The first-order valence-corrected chi connectivity index (χ1v) is 26.0. The molecule has 8 heterocycles. The Labute approximate surface area is 422 Å². The molecule has 0 radical (unpaired) electrons. The van der Waals surface area contributed by atoms with Crippen molar-refractivity contribution in [3.8, 4) is 32.3 Å². The quantitative estimate of drug-likeness (QED) is 0.127. The van der Waals surface area contributed by atoms with Crippen LogP contribution in [0, 0.1) is 0 Å². The average Bonchev–Trinajstić information content (AvgIpc) is 4.27. The number of benzene rings is 5. The Morgan fingerprint density at radius 2 is 0.764 bits per heavy atom. The molecule has 1 aliphatic rings. The molecular formula is C56H32N4O8S4. The number of hydrogen-bond acceptors (Lipinski definition) is 16. The molecule has 7 aromatic heterocycles. The van der Waals surface area contributed by atoms with Crippen molar-refractivity contribution in [3.63, 3.8) is 0 Å². The Morgan fingerprint density at radius 3 is 1.19 bits per heavy atom. The van der Waals surface area contributed by atoms with Crippen LogP contribution in [-0.4, -0.2) is 19.9 Å². The fourth-order valence-corrected chi connectivity index (χ4v) is 13.8. The molecule has 1 aliphatic heterocycles. The van der Waals surface area contributed by atoms with Crippen molar-refractivity contribution in [3.05, 3.63) is 242 Å². The summed E-state index contributed by atoms with van der Waals surface area (Å²) < 4.78 is 23.2. The highest BCUT2D eigenvalue weighted by molar-refractivity contribution is 8.03. The van der Waals surface area contributed by atoms with Crippen molar-refractivity contribution >= 4 is 89.4 Å². The van der Waals surface area contributed by atoms with Crippen molar-refractivity contribution in [2.45, 2.75) is 23.5 Å². The molecule has 0 bridgehead atoms. The Bertz CT molecular complexity index is 4260. The van der Waals surface area contributed by atoms with Crippen molar-refractivity contribution in [2.75, 3.05) is 0 Å². The second-order valence-electron chi connectivity index (χ2n) is 16.9. The maximum atomic E-state index is 13.1. The third-order valence-electron chi connectivity index (χ3n) is 12.5. The summed E-state index contributed by atoms with van der Waals surface area (Å²) in [5.41, 5.74) is 2.38. The minimum Gasteiger partial charge on any atom is -0.407 e. The minimum atomic E-state index is -0.463. The Kier molecular flexibility index (Phi) is 10.9. The van der Waals surface area contributed by atoms with Gasteiger partial charge in [-0.05, 0) is 107 Å². The summed E-state index contributed by atoms with van der Waals surface area (Å²) in [6.07, 6.45) is 2.77. The van der Waals surface area contributed by atoms with Crippen LogP contribution in [0.5, 0.6) is 0 Å². The van der Waals surface area contributed by atoms with E-state index < -0.39 is 22.5 Å². The number of hydrogen-bond donors (Lipinski definition) is 0. The van der Waals surface area contributed by atoms with E-state index in [4.69, 9.17) is 37.6 Å². The van der Waals surface area contributed by atoms with Crippen LogP contribution < -0.4 is 22.5 Å². The van der Waals surface area contributed by atoms with E-state index in [1.165, 1.54) is 34.0 Å². The molecule has 12 aromatic rings. The van der Waals surface area contributed by atoms with Crippen LogP contribution >= 0.6 is 45.8 Å². The number of thiophene rings is 3. The number of thioether (sulfide) groups is 1. The maximum Gasteiger partial charge on any atom is 0.347 e. The second kappa shape index (κ2) is 17.9. The van der Waals surface area contributed by atoms with Crippen LogP contribution in [0.1, 0.15) is 55.2 Å². The van der Waals surface area contributed by atoms with Crippen molar-refractivity contribution in [2.24, 2.45) is 0 Å². The van der Waals surface area contributed by atoms with Gasteiger partial charge in [0.25, 0.3) is 0 Å². The zero-order chi connectivity index (χ0) is 48.5. The number of fused-ring (bicyclic) bond motifs is 4. The van der Waals surface area contributed by atoms with Crippen molar-refractivity contribution in [1.29, 1.82) is 0 Å². The summed E-state index contributed by atoms with van der Waals surface area (Å²) in [6.45, 7) is 0. The van der Waals surface area contributed by atoms with Crippen LogP contribution in [-0.2, 0) is 0 Å². The lowest BCUT2D eigenvalue weighted by molar-refractivity contribution is 0.442. The second-order valence-corrected chi connectivity index (χ2v) is 21.5. The molecule has 0 N–H and O–H groups in total. The van der Waals surface area contributed by atoms with Gasteiger partial charge in [-0.15, -0.1) is 45.8 Å². The molecule has 0 spiro atoms. The summed E-state index contributed by atoms with van der Waals surface area (Å²) in [5.74, 6) is 0.484. The SMILES string of the molecule is O=c1oc(-c2ccc(C(C3=CCC(c4nc5ccccc5c(=O)o4)S3)c3ccc(C(c4ccc(-c5nc6ccccc6c(=O)o5)s4)c4ccc(-c5nc6ccccc6c(=O)o5)s4)cc3)s2)nc2ccccc12. The number of rotatable bonds is 10. The van der Waals surface area contributed by atoms with E-state index in [2.05, 4.69) is 30.3 Å². The van der Waals surface area contributed by atoms with E-state index in [1.54, 1.807) is 78.5 Å². The monoisotopic (exact) mass is 1020 g/mol. The van der Waals surface area contributed by atoms with Crippen LogP contribution in [0.2, 0.25) is 0 Å². The molecule has 0 fully saturated rings. The maximum absolute atomic E-state index is 13.1. The lowest BCUT2D eigenvalue weighted by atomic mass is 9.91.